The molecule has 3 atom stereocenters. The number of hydrogen-bond donors (Lipinski definition) is 1. The molecule has 34 heavy (non-hydrogen) atoms. The van der Waals surface area contributed by atoms with E-state index < -0.39 is 5.60 Å². The van der Waals surface area contributed by atoms with Crippen LogP contribution in [0.2, 0.25) is 0 Å². The molecule has 3 aliphatic rings. The summed E-state index contributed by atoms with van der Waals surface area (Å²) in [6.07, 6.45) is 6.96. The Kier molecular flexibility index (Phi) is 5.86. The van der Waals surface area contributed by atoms with E-state index in [4.69, 9.17) is 9.47 Å². The van der Waals surface area contributed by atoms with Gasteiger partial charge in [0, 0.05) is 12.5 Å². The molecular formula is C26H33FN4O3. The highest BCUT2D eigenvalue weighted by atomic mass is 19.1. The van der Waals surface area contributed by atoms with Crippen molar-refractivity contribution in [3.05, 3.63) is 41.5 Å². The predicted octanol–water partition coefficient (Wildman–Crippen LogP) is 5.54. The summed E-state index contributed by atoms with van der Waals surface area (Å²) in [5.41, 5.74) is 1.57. The molecule has 1 amide bonds. The fourth-order valence-corrected chi connectivity index (χ4v) is 5.05. The van der Waals surface area contributed by atoms with Gasteiger partial charge in [-0.15, -0.1) is 0 Å². The third-order valence-electron chi connectivity index (χ3n) is 6.89. The average Bonchev–Trinajstić information content (AvgIpc) is 3.37. The van der Waals surface area contributed by atoms with Gasteiger partial charge < -0.3 is 14.8 Å². The molecule has 0 spiro atoms. The third-order valence-corrected chi connectivity index (χ3v) is 6.89. The molecule has 3 fully saturated rings. The van der Waals surface area contributed by atoms with Gasteiger partial charge in [0.15, 0.2) is 0 Å². The summed E-state index contributed by atoms with van der Waals surface area (Å²) in [5, 5.41) is 3.10. The van der Waals surface area contributed by atoms with Crippen LogP contribution in [0.15, 0.2) is 24.5 Å². The SMILES string of the molecule is Cc1c(Nc2ccc(CC3CC3)cc2F)ncnc1O[C@H]1CC2CCC1N2C(=O)OC(C)(C)C. The van der Waals surface area contributed by atoms with Crippen molar-refractivity contribution < 1.29 is 18.7 Å². The Morgan fingerprint density at radius 3 is 2.71 bits per heavy atom. The molecule has 3 heterocycles. The van der Waals surface area contributed by atoms with Crippen molar-refractivity contribution in [1.29, 1.82) is 0 Å². The average molecular weight is 469 g/mol. The van der Waals surface area contributed by atoms with E-state index in [1.54, 1.807) is 12.1 Å². The molecule has 7 nitrogen and oxygen atoms in total. The standard InChI is InChI=1S/C26H33FN4O3/c1-15-23(30-20-9-7-17(12-19(20)27)11-16-5-6-16)28-14-29-24(15)33-22-13-18-8-10-21(22)31(18)25(32)34-26(2,3)4/h7,9,12,14,16,18,21-22H,5-6,8,10-11,13H2,1-4H3,(H,28,29,30)/t18?,21?,22-/m0/s1. The topological polar surface area (TPSA) is 76.6 Å². The van der Waals surface area contributed by atoms with Crippen LogP contribution in [0.3, 0.4) is 0 Å². The Labute approximate surface area is 200 Å². The lowest BCUT2D eigenvalue weighted by Crippen LogP contribution is -2.42. The van der Waals surface area contributed by atoms with Gasteiger partial charge in [-0.3, -0.25) is 4.90 Å². The van der Waals surface area contributed by atoms with E-state index in [2.05, 4.69) is 15.3 Å². The highest BCUT2D eigenvalue weighted by molar-refractivity contribution is 5.70. The first-order valence-corrected chi connectivity index (χ1v) is 12.2. The van der Waals surface area contributed by atoms with Gasteiger partial charge in [0.1, 0.15) is 29.7 Å². The lowest BCUT2D eigenvalue weighted by Gasteiger charge is -2.28. The van der Waals surface area contributed by atoms with Gasteiger partial charge in [0.2, 0.25) is 5.88 Å². The summed E-state index contributed by atoms with van der Waals surface area (Å²) in [5.74, 6) is 1.37. The molecule has 2 unspecified atom stereocenters. The van der Waals surface area contributed by atoms with Crippen molar-refractivity contribution in [1.82, 2.24) is 14.9 Å². The van der Waals surface area contributed by atoms with Gasteiger partial charge in [-0.25, -0.2) is 19.2 Å². The molecule has 1 aliphatic carbocycles. The minimum absolute atomic E-state index is 0.0397. The Balaban J connectivity index is 1.28. The van der Waals surface area contributed by atoms with E-state index in [0.717, 1.165) is 31.2 Å². The second-order valence-electron chi connectivity index (χ2n) is 10.8. The first kappa shape index (κ1) is 22.9. The smallest absolute Gasteiger partial charge is 0.410 e. The van der Waals surface area contributed by atoms with Crippen LogP contribution < -0.4 is 10.1 Å². The second kappa shape index (κ2) is 8.71. The maximum absolute atomic E-state index is 14.7. The summed E-state index contributed by atoms with van der Waals surface area (Å²) < 4.78 is 26.6. The largest absolute Gasteiger partial charge is 0.472 e. The zero-order chi connectivity index (χ0) is 24.0. The molecular weight excluding hydrogens is 435 g/mol. The van der Waals surface area contributed by atoms with Gasteiger partial charge in [-0.1, -0.05) is 6.07 Å². The fraction of sp³-hybridized carbons (Fsp3) is 0.577. The maximum Gasteiger partial charge on any atom is 0.410 e. The van der Waals surface area contributed by atoms with E-state index in [-0.39, 0.29) is 30.1 Å². The number of anilines is 2. The second-order valence-corrected chi connectivity index (χ2v) is 10.8. The number of hydrogen-bond acceptors (Lipinski definition) is 6. The van der Waals surface area contributed by atoms with Crippen molar-refractivity contribution in [2.24, 2.45) is 5.92 Å². The quantitative estimate of drug-likeness (QED) is 0.600. The van der Waals surface area contributed by atoms with Gasteiger partial charge in [0.25, 0.3) is 0 Å². The molecule has 0 radical (unpaired) electrons. The molecule has 1 aromatic carbocycles. The monoisotopic (exact) mass is 468 g/mol. The Hall–Kier alpha value is -2.90. The number of nitrogens with one attached hydrogen (secondary N) is 1. The minimum Gasteiger partial charge on any atom is -0.472 e. The summed E-state index contributed by atoms with van der Waals surface area (Å²) in [4.78, 5) is 23.2. The third kappa shape index (κ3) is 4.81. The Morgan fingerprint density at radius 1 is 1.21 bits per heavy atom. The normalized spacial score (nSPS) is 23.8. The predicted molar refractivity (Wildman–Crippen MR) is 127 cm³/mol. The number of ether oxygens (including phenoxy) is 2. The number of carbonyl (C=O) groups excluding carboxylic acids is 1. The molecule has 1 aromatic heterocycles. The van der Waals surface area contributed by atoms with Crippen LogP contribution in [0, 0.1) is 18.7 Å². The van der Waals surface area contributed by atoms with Crippen molar-refractivity contribution in [3.63, 3.8) is 0 Å². The summed E-state index contributed by atoms with van der Waals surface area (Å²) in [6, 6.07) is 5.42. The molecule has 2 bridgehead atoms. The van der Waals surface area contributed by atoms with Crippen LogP contribution in [0.25, 0.3) is 0 Å². The first-order chi connectivity index (χ1) is 16.2. The number of nitrogens with zero attached hydrogens (tertiary/aromatic N) is 3. The van der Waals surface area contributed by atoms with Crippen molar-refractivity contribution in [2.45, 2.75) is 90.0 Å². The summed E-state index contributed by atoms with van der Waals surface area (Å²) in [6.45, 7) is 7.48. The van der Waals surface area contributed by atoms with E-state index >= 15 is 0 Å². The number of amides is 1. The number of fused-ring (bicyclic) bond motifs is 2. The number of rotatable bonds is 6. The molecule has 5 rings (SSSR count). The van der Waals surface area contributed by atoms with Crippen LogP contribution in [0.4, 0.5) is 20.7 Å². The molecule has 8 heteroatoms. The number of halogens is 1. The zero-order valence-electron chi connectivity index (χ0n) is 20.3. The Bertz CT molecular complexity index is 1080. The van der Waals surface area contributed by atoms with Crippen molar-refractivity contribution in [3.8, 4) is 5.88 Å². The van der Waals surface area contributed by atoms with E-state index in [0.29, 0.717) is 28.9 Å². The number of carbonyl (C=O) groups is 1. The van der Waals surface area contributed by atoms with Crippen LogP contribution in [-0.4, -0.2) is 44.7 Å². The molecule has 1 saturated carbocycles. The molecule has 182 valence electrons. The van der Waals surface area contributed by atoms with Crippen molar-refractivity contribution >= 4 is 17.6 Å². The Morgan fingerprint density at radius 2 is 2.00 bits per heavy atom. The molecule has 2 saturated heterocycles. The maximum atomic E-state index is 14.7. The highest BCUT2D eigenvalue weighted by Gasteiger charge is 2.51. The van der Waals surface area contributed by atoms with Gasteiger partial charge in [-0.05, 0) is 83.4 Å². The van der Waals surface area contributed by atoms with Crippen LogP contribution in [0.1, 0.15) is 64.0 Å². The van der Waals surface area contributed by atoms with Gasteiger partial charge >= 0.3 is 6.09 Å². The van der Waals surface area contributed by atoms with E-state index in [1.807, 2.05) is 38.7 Å². The number of aromatic nitrogens is 2. The number of benzene rings is 1. The summed E-state index contributed by atoms with van der Waals surface area (Å²) in [7, 11) is 0. The minimum atomic E-state index is -0.537. The van der Waals surface area contributed by atoms with Gasteiger partial charge in [0.05, 0.1) is 17.3 Å². The van der Waals surface area contributed by atoms with Gasteiger partial charge in [-0.2, -0.15) is 0 Å². The zero-order valence-corrected chi connectivity index (χ0v) is 20.3. The lowest BCUT2D eigenvalue weighted by atomic mass is 9.98. The summed E-state index contributed by atoms with van der Waals surface area (Å²) >= 11 is 0. The molecule has 1 N–H and O–H groups in total. The first-order valence-electron chi connectivity index (χ1n) is 12.2. The lowest BCUT2D eigenvalue weighted by molar-refractivity contribution is 0.0180. The van der Waals surface area contributed by atoms with Crippen LogP contribution in [-0.2, 0) is 11.2 Å². The highest BCUT2D eigenvalue weighted by Crippen LogP contribution is 2.41. The van der Waals surface area contributed by atoms with Crippen molar-refractivity contribution in [2.75, 3.05) is 5.32 Å². The van der Waals surface area contributed by atoms with Crippen LogP contribution >= 0.6 is 0 Å². The van der Waals surface area contributed by atoms with Crippen LogP contribution in [0.5, 0.6) is 5.88 Å². The van der Waals surface area contributed by atoms with E-state index in [9.17, 15) is 9.18 Å². The molecule has 2 aromatic rings. The van der Waals surface area contributed by atoms with E-state index in [1.165, 1.54) is 19.2 Å². The molecule has 2 aliphatic heterocycles. The fourth-order valence-electron chi connectivity index (χ4n) is 5.05.